The third-order valence-electron chi connectivity index (χ3n) is 1.32. The van der Waals surface area contributed by atoms with Gasteiger partial charge in [-0.05, 0) is 4.57 Å². The third kappa shape index (κ3) is 4.87. The van der Waals surface area contributed by atoms with E-state index in [2.05, 4.69) is 0 Å². The molecule has 0 aromatic heterocycles. The quantitative estimate of drug-likeness (QED) is 0.323. The number of rotatable bonds is 5. The molecule has 0 radical (unpaired) electrons. The molecule has 0 aliphatic carbocycles. The Hall–Kier alpha value is 0.980. The van der Waals surface area contributed by atoms with Crippen molar-refractivity contribution in [3.05, 3.63) is 0 Å². The van der Waals surface area contributed by atoms with E-state index in [1.807, 2.05) is 6.92 Å². The van der Waals surface area contributed by atoms with E-state index in [1.54, 1.807) is 0 Å². The van der Waals surface area contributed by atoms with Crippen LogP contribution in [0.25, 0.3) is 0 Å². The first kappa shape index (κ1) is 15.5. The zero-order chi connectivity index (χ0) is 8.91. The second kappa shape index (κ2) is 7.39. The molecule has 0 bridgehead atoms. The van der Waals surface area contributed by atoms with Gasteiger partial charge in [0.15, 0.2) is 6.66 Å². The van der Waals surface area contributed by atoms with Crippen molar-refractivity contribution < 1.29 is 49.5 Å². The normalized spacial score (nSPS) is 12.2. The van der Waals surface area contributed by atoms with Gasteiger partial charge in [0.25, 0.3) is 0 Å². The monoisotopic (exact) mass is 205 g/mol. The first-order valence-electron chi connectivity index (χ1n) is 3.30. The Morgan fingerprint density at radius 3 is 1.92 bits per heavy atom. The molecule has 68 valence electrons. The van der Waals surface area contributed by atoms with Crippen LogP contribution in [0.5, 0.6) is 0 Å². The summed E-state index contributed by atoms with van der Waals surface area (Å²) in [6.45, 7) is 3.28. The molecule has 0 N–H and O–H groups in total. The maximum absolute atomic E-state index is 10.7. The van der Waals surface area contributed by atoms with E-state index in [0.29, 0.717) is 6.42 Å². The van der Waals surface area contributed by atoms with E-state index in [4.69, 9.17) is 14.0 Å². The first-order chi connectivity index (χ1) is 5.10. The topological polar surface area (TPSA) is 44.8 Å². The fourth-order valence-corrected chi connectivity index (χ4v) is 1.38. The minimum atomic E-state index is -1.71. The van der Waals surface area contributed by atoms with E-state index >= 15 is 0 Å². The van der Waals surface area contributed by atoms with Gasteiger partial charge in [-0.25, -0.2) is 0 Å². The zero-order valence-electron chi connectivity index (χ0n) is 9.29. The third-order valence-corrected chi connectivity index (χ3v) is 1.86. The van der Waals surface area contributed by atoms with Gasteiger partial charge in [0.1, 0.15) is 0 Å². The number of ether oxygens (including phenoxy) is 2. The minimum absolute atomic E-state index is 0. The van der Waals surface area contributed by atoms with Crippen molar-refractivity contribution in [3.8, 4) is 0 Å². The van der Waals surface area contributed by atoms with E-state index in [-0.39, 0.29) is 31.0 Å². The SMILES string of the molecule is CCC(OC)(OC)O[P+](C)=O.[H-].[Na+]. The van der Waals surface area contributed by atoms with Gasteiger partial charge in [0.05, 0.1) is 0 Å². The summed E-state index contributed by atoms with van der Waals surface area (Å²) in [7, 11) is 1.19. The molecular weight excluding hydrogens is 190 g/mol. The molecule has 0 heterocycles. The first-order valence-corrected chi connectivity index (χ1v) is 4.93. The van der Waals surface area contributed by atoms with Gasteiger partial charge >= 0.3 is 43.6 Å². The second-order valence-electron chi connectivity index (χ2n) is 1.98. The van der Waals surface area contributed by atoms with Crippen LogP contribution in [-0.4, -0.2) is 26.9 Å². The summed E-state index contributed by atoms with van der Waals surface area (Å²) >= 11 is 0. The fourth-order valence-electron chi connectivity index (χ4n) is 0.707. The van der Waals surface area contributed by atoms with E-state index in [0.717, 1.165) is 0 Å². The largest absolute Gasteiger partial charge is 1.00 e. The minimum Gasteiger partial charge on any atom is -1.00 e. The Morgan fingerprint density at radius 1 is 1.42 bits per heavy atom. The maximum Gasteiger partial charge on any atom is 1.00 e. The number of hydrogen-bond acceptors (Lipinski definition) is 4. The van der Waals surface area contributed by atoms with Crippen LogP contribution in [0.3, 0.4) is 0 Å². The smallest absolute Gasteiger partial charge is 1.00 e. The molecule has 0 saturated heterocycles. The standard InChI is InChI=1S/C6H14O4P.Na.H/c1-5-6(8-2,9-3)10-11(4)7;;/h5H2,1-4H3;;/q2*+1;-1. The molecule has 6 heteroatoms. The molecule has 0 fully saturated rings. The van der Waals surface area contributed by atoms with Gasteiger partial charge < -0.3 is 10.9 Å². The van der Waals surface area contributed by atoms with Crippen molar-refractivity contribution in [1.29, 1.82) is 0 Å². The Kier molecular flexibility index (Phi) is 9.52. The van der Waals surface area contributed by atoms with Gasteiger partial charge in [0, 0.05) is 20.6 Å². The molecule has 0 aromatic rings. The molecular formula is C6H15NaO4P+. The molecule has 0 amide bonds. The summed E-state index contributed by atoms with van der Waals surface area (Å²) in [6.07, 6.45) is 0.495. The summed E-state index contributed by atoms with van der Waals surface area (Å²) in [5.41, 5.74) is 0. The van der Waals surface area contributed by atoms with Crippen LogP contribution in [0.2, 0.25) is 0 Å². The van der Waals surface area contributed by atoms with Crippen molar-refractivity contribution in [2.24, 2.45) is 0 Å². The van der Waals surface area contributed by atoms with Crippen molar-refractivity contribution in [1.82, 2.24) is 0 Å². The molecule has 0 saturated carbocycles. The Bertz CT molecular complexity index is 134. The Balaban J connectivity index is -0.000000500. The van der Waals surface area contributed by atoms with Crippen molar-refractivity contribution in [3.63, 3.8) is 0 Å². The van der Waals surface area contributed by atoms with Gasteiger partial charge in [-0.15, -0.1) is 0 Å². The average molecular weight is 205 g/mol. The van der Waals surface area contributed by atoms with Gasteiger partial charge in [-0.1, -0.05) is 11.4 Å². The average Bonchev–Trinajstić information content (AvgIpc) is 2.00. The van der Waals surface area contributed by atoms with Crippen LogP contribution in [-0.2, 0) is 18.6 Å². The second-order valence-corrected chi connectivity index (χ2v) is 3.04. The van der Waals surface area contributed by atoms with Crippen LogP contribution in [0.15, 0.2) is 0 Å². The van der Waals surface area contributed by atoms with Crippen LogP contribution < -0.4 is 29.6 Å². The van der Waals surface area contributed by atoms with Crippen molar-refractivity contribution in [2.75, 3.05) is 20.9 Å². The van der Waals surface area contributed by atoms with Gasteiger partial charge in [0.2, 0.25) is 0 Å². The summed E-state index contributed by atoms with van der Waals surface area (Å²) in [6, 6.07) is 0. The predicted octanol–water partition coefficient (Wildman–Crippen LogP) is -1.15. The Morgan fingerprint density at radius 2 is 1.83 bits per heavy atom. The Labute approximate surface area is 97.6 Å². The van der Waals surface area contributed by atoms with E-state index in [9.17, 15) is 4.57 Å². The molecule has 0 rings (SSSR count). The molecule has 1 atom stereocenters. The molecule has 0 spiro atoms. The number of hydrogen-bond donors (Lipinski definition) is 0. The van der Waals surface area contributed by atoms with Gasteiger partial charge in [-0.3, -0.25) is 0 Å². The van der Waals surface area contributed by atoms with Crippen LogP contribution >= 0.6 is 8.03 Å². The van der Waals surface area contributed by atoms with Gasteiger partial charge in [-0.2, -0.15) is 0 Å². The van der Waals surface area contributed by atoms with E-state index < -0.39 is 14.0 Å². The van der Waals surface area contributed by atoms with Crippen LogP contribution in [0.1, 0.15) is 14.8 Å². The van der Waals surface area contributed by atoms with Crippen molar-refractivity contribution in [2.45, 2.75) is 19.3 Å². The number of methoxy groups -OCH3 is 2. The van der Waals surface area contributed by atoms with E-state index in [1.165, 1.54) is 20.9 Å². The van der Waals surface area contributed by atoms with Crippen LogP contribution in [0.4, 0.5) is 0 Å². The predicted molar refractivity (Wildman–Crippen MR) is 42.8 cm³/mol. The maximum atomic E-state index is 10.7. The van der Waals surface area contributed by atoms with Crippen molar-refractivity contribution >= 4 is 8.03 Å². The molecule has 0 aliphatic heterocycles. The summed E-state index contributed by atoms with van der Waals surface area (Å²) < 4.78 is 25.5. The molecule has 12 heavy (non-hydrogen) atoms. The van der Waals surface area contributed by atoms with Crippen LogP contribution in [0, 0.1) is 0 Å². The fraction of sp³-hybridized carbons (Fsp3) is 1.00. The molecule has 0 aliphatic rings. The summed E-state index contributed by atoms with van der Waals surface area (Å²) in [5.74, 6) is -1.14. The summed E-state index contributed by atoms with van der Waals surface area (Å²) in [4.78, 5) is 0. The molecule has 4 nitrogen and oxygen atoms in total. The molecule has 1 unspecified atom stereocenters. The zero-order valence-corrected chi connectivity index (χ0v) is 11.2. The summed E-state index contributed by atoms with van der Waals surface area (Å²) in [5, 5.41) is 0. The molecule has 0 aromatic carbocycles.